The Balaban J connectivity index is 1.22. The van der Waals surface area contributed by atoms with E-state index in [-0.39, 0.29) is 0 Å². The molecule has 0 amide bonds. The number of hydrogen-bond acceptors (Lipinski definition) is 5. The molecular formula is C26H25ClN2O3. The molecule has 0 radical (unpaired) electrons. The Morgan fingerprint density at radius 3 is 2.75 bits per heavy atom. The van der Waals surface area contributed by atoms with Crippen LogP contribution >= 0.6 is 11.6 Å². The third kappa shape index (κ3) is 3.65. The van der Waals surface area contributed by atoms with Crippen molar-refractivity contribution in [1.29, 1.82) is 0 Å². The van der Waals surface area contributed by atoms with Gasteiger partial charge in [0.1, 0.15) is 12.4 Å². The summed E-state index contributed by atoms with van der Waals surface area (Å²) in [5, 5.41) is 0.755. The lowest BCUT2D eigenvalue weighted by molar-refractivity contribution is 0.174. The van der Waals surface area contributed by atoms with Crippen molar-refractivity contribution >= 4 is 23.0 Å². The molecule has 5 nitrogen and oxygen atoms in total. The summed E-state index contributed by atoms with van der Waals surface area (Å²) in [5.41, 5.74) is 4.73. The van der Waals surface area contributed by atoms with Crippen molar-refractivity contribution in [2.24, 2.45) is 0 Å². The standard InChI is InChI=1S/C26H25ClN2O3/c27-20-7-6-19-16-30-24-4-2-1-3-22(24)29(23(19)14-20)21-10-12-28(15-21)11-9-18-5-8-25-26(13-18)32-17-31-25/h1-8,13-14,21H,9-12,15-17H2. The van der Waals surface area contributed by atoms with Gasteiger partial charge in [0.25, 0.3) is 0 Å². The van der Waals surface area contributed by atoms with E-state index >= 15 is 0 Å². The van der Waals surface area contributed by atoms with Crippen LogP contribution in [0, 0.1) is 0 Å². The molecule has 6 rings (SSSR count). The molecule has 0 N–H and O–H groups in total. The number of nitrogens with zero attached hydrogens (tertiary/aromatic N) is 2. The fourth-order valence-corrected chi connectivity index (χ4v) is 5.12. The second kappa shape index (κ2) is 8.23. The molecule has 0 saturated carbocycles. The van der Waals surface area contributed by atoms with Crippen molar-refractivity contribution in [3.63, 3.8) is 0 Å². The quantitative estimate of drug-likeness (QED) is 0.532. The molecule has 1 atom stereocenters. The largest absolute Gasteiger partial charge is 0.487 e. The number of benzene rings is 3. The highest BCUT2D eigenvalue weighted by atomic mass is 35.5. The van der Waals surface area contributed by atoms with Crippen molar-refractivity contribution in [1.82, 2.24) is 4.90 Å². The van der Waals surface area contributed by atoms with Gasteiger partial charge in [-0.1, -0.05) is 35.9 Å². The van der Waals surface area contributed by atoms with Gasteiger partial charge in [-0.05, 0) is 54.8 Å². The molecule has 0 bridgehead atoms. The van der Waals surface area contributed by atoms with Crippen molar-refractivity contribution < 1.29 is 14.2 Å². The fourth-order valence-electron chi connectivity index (χ4n) is 4.95. The average molecular weight is 449 g/mol. The molecule has 6 heteroatoms. The monoisotopic (exact) mass is 448 g/mol. The molecule has 3 aromatic carbocycles. The first-order chi connectivity index (χ1) is 15.7. The van der Waals surface area contributed by atoms with E-state index in [0.29, 0.717) is 19.4 Å². The third-order valence-corrected chi connectivity index (χ3v) is 6.82. The number of likely N-dealkylation sites (tertiary alicyclic amines) is 1. The third-order valence-electron chi connectivity index (χ3n) is 6.58. The maximum atomic E-state index is 6.42. The maximum absolute atomic E-state index is 6.42. The first-order valence-corrected chi connectivity index (χ1v) is 11.5. The molecule has 3 aromatic rings. The van der Waals surface area contributed by atoms with Crippen LogP contribution in [0.2, 0.25) is 5.02 Å². The lowest BCUT2D eigenvalue weighted by Gasteiger charge is -2.32. The second-order valence-corrected chi connectivity index (χ2v) is 9.02. The van der Waals surface area contributed by atoms with E-state index < -0.39 is 0 Å². The molecule has 1 fully saturated rings. The molecule has 1 saturated heterocycles. The van der Waals surface area contributed by atoms with Crippen molar-refractivity contribution in [3.8, 4) is 17.2 Å². The average Bonchev–Trinajstić information content (AvgIpc) is 3.44. The van der Waals surface area contributed by atoms with Gasteiger partial charge in [-0.25, -0.2) is 0 Å². The summed E-state index contributed by atoms with van der Waals surface area (Å²) in [6.07, 6.45) is 2.09. The van der Waals surface area contributed by atoms with Gasteiger partial charge in [0.05, 0.1) is 5.69 Å². The van der Waals surface area contributed by atoms with Gasteiger partial charge >= 0.3 is 0 Å². The smallest absolute Gasteiger partial charge is 0.231 e. The summed E-state index contributed by atoms with van der Waals surface area (Å²) in [6, 6.07) is 21.1. The molecule has 0 spiro atoms. The van der Waals surface area contributed by atoms with Crippen LogP contribution in [0.4, 0.5) is 11.4 Å². The molecular weight excluding hydrogens is 424 g/mol. The summed E-state index contributed by atoms with van der Waals surface area (Å²) in [7, 11) is 0. The van der Waals surface area contributed by atoms with Crippen LogP contribution in [0.25, 0.3) is 0 Å². The van der Waals surface area contributed by atoms with Crippen LogP contribution in [-0.4, -0.2) is 37.4 Å². The minimum Gasteiger partial charge on any atom is -0.487 e. The zero-order chi connectivity index (χ0) is 21.5. The minimum absolute atomic E-state index is 0.319. The summed E-state index contributed by atoms with van der Waals surface area (Å²) in [4.78, 5) is 5.00. The number of hydrogen-bond donors (Lipinski definition) is 0. The van der Waals surface area contributed by atoms with Crippen molar-refractivity contribution in [2.75, 3.05) is 31.3 Å². The first-order valence-electron chi connectivity index (χ1n) is 11.1. The van der Waals surface area contributed by atoms with Crippen molar-refractivity contribution in [2.45, 2.75) is 25.5 Å². The van der Waals surface area contributed by atoms with Gasteiger partial charge in [0, 0.05) is 41.9 Å². The second-order valence-electron chi connectivity index (χ2n) is 8.58. The van der Waals surface area contributed by atoms with E-state index in [4.69, 9.17) is 25.8 Å². The Morgan fingerprint density at radius 1 is 0.875 bits per heavy atom. The number of fused-ring (bicyclic) bond motifs is 3. The topological polar surface area (TPSA) is 34.2 Å². The van der Waals surface area contributed by atoms with Crippen LogP contribution in [-0.2, 0) is 13.0 Å². The number of halogens is 1. The van der Waals surface area contributed by atoms with E-state index in [9.17, 15) is 0 Å². The number of para-hydroxylation sites is 2. The predicted octanol–water partition coefficient (Wildman–Crippen LogP) is 5.42. The molecule has 164 valence electrons. The highest BCUT2D eigenvalue weighted by Gasteiger charge is 2.33. The zero-order valence-electron chi connectivity index (χ0n) is 17.8. The van der Waals surface area contributed by atoms with E-state index in [0.717, 1.165) is 66.1 Å². The molecule has 1 unspecified atom stereocenters. The number of anilines is 2. The van der Waals surface area contributed by atoms with Crippen LogP contribution in [0.3, 0.4) is 0 Å². The lowest BCUT2D eigenvalue weighted by atomic mass is 10.1. The Kier molecular flexibility index (Phi) is 5.08. The van der Waals surface area contributed by atoms with Crippen LogP contribution < -0.4 is 19.1 Å². The highest BCUT2D eigenvalue weighted by Crippen LogP contribution is 2.43. The zero-order valence-corrected chi connectivity index (χ0v) is 18.6. The molecule has 3 aliphatic heterocycles. The Labute approximate surface area is 193 Å². The van der Waals surface area contributed by atoms with Crippen LogP contribution in [0.5, 0.6) is 17.2 Å². The van der Waals surface area contributed by atoms with Crippen LogP contribution in [0.1, 0.15) is 17.5 Å². The summed E-state index contributed by atoms with van der Waals surface area (Å²) in [6.45, 7) is 3.97. The van der Waals surface area contributed by atoms with E-state index in [1.54, 1.807) is 0 Å². The summed E-state index contributed by atoms with van der Waals surface area (Å²) >= 11 is 6.42. The van der Waals surface area contributed by atoms with Gasteiger partial charge in [-0.2, -0.15) is 0 Å². The maximum Gasteiger partial charge on any atom is 0.231 e. The van der Waals surface area contributed by atoms with Gasteiger partial charge in [0.2, 0.25) is 6.79 Å². The molecule has 32 heavy (non-hydrogen) atoms. The predicted molar refractivity (Wildman–Crippen MR) is 125 cm³/mol. The van der Waals surface area contributed by atoms with E-state index in [2.05, 4.69) is 52.3 Å². The van der Waals surface area contributed by atoms with Gasteiger partial charge < -0.3 is 24.0 Å². The minimum atomic E-state index is 0.319. The van der Waals surface area contributed by atoms with Crippen molar-refractivity contribution in [3.05, 3.63) is 76.8 Å². The Bertz CT molecular complexity index is 1150. The normalized spacial score (nSPS) is 19.3. The van der Waals surface area contributed by atoms with Gasteiger partial charge in [0.15, 0.2) is 11.5 Å². The Morgan fingerprint density at radius 2 is 1.78 bits per heavy atom. The Hall–Kier alpha value is -2.89. The fraction of sp³-hybridized carbons (Fsp3) is 0.308. The summed E-state index contributed by atoms with van der Waals surface area (Å²) < 4.78 is 17.1. The lowest BCUT2D eigenvalue weighted by Crippen LogP contribution is -2.35. The number of rotatable bonds is 4. The van der Waals surface area contributed by atoms with Crippen LogP contribution in [0.15, 0.2) is 60.7 Å². The summed E-state index contributed by atoms with van der Waals surface area (Å²) in [5.74, 6) is 2.63. The number of ether oxygens (including phenoxy) is 3. The SMILES string of the molecule is Clc1ccc2c(c1)N(C1CCN(CCc3ccc4c(c3)OCO4)C1)c1ccccc1OC2. The van der Waals surface area contributed by atoms with E-state index in [1.807, 2.05) is 18.2 Å². The van der Waals surface area contributed by atoms with Gasteiger partial charge in [-0.15, -0.1) is 0 Å². The molecule has 0 aromatic heterocycles. The first kappa shape index (κ1) is 19.8. The van der Waals surface area contributed by atoms with Gasteiger partial charge in [-0.3, -0.25) is 0 Å². The molecule has 3 aliphatic rings. The molecule has 3 heterocycles. The van der Waals surface area contributed by atoms with E-state index in [1.165, 1.54) is 11.1 Å². The molecule has 0 aliphatic carbocycles. The highest BCUT2D eigenvalue weighted by molar-refractivity contribution is 6.30.